The molecule has 0 atom stereocenters. The van der Waals surface area contributed by atoms with Crippen LogP contribution in [0.4, 0.5) is 10.2 Å². The number of hydrogen-bond donors (Lipinski definition) is 2. The Morgan fingerprint density at radius 1 is 1.41 bits per heavy atom. The third kappa shape index (κ3) is 2.80. The van der Waals surface area contributed by atoms with Crippen LogP contribution in [0.3, 0.4) is 0 Å². The fourth-order valence-electron chi connectivity index (χ4n) is 1.94. The molecule has 0 bridgehead atoms. The SMILES string of the molecule is N#C/C(=C\c1ccccc1F)c1nn(CCO)c(N)c1C#N. The molecule has 0 spiro atoms. The van der Waals surface area contributed by atoms with E-state index >= 15 is 0 Å². The maximum absolute atomic E-state index is 13.7. The maximum atomic E-state index is 13.7. The molecule has 0 radical (unpaired) electrons. The molecule has 1 aromatic heterocycles. The molecule has 0 saturated heterocycles. The number of anilines is 1. The molecule has 0 saturated carbocycles. The number of nitrogens with two attached hydrogens (primary N) is 1. The van der Waals surface area contributed by atoms with Crippen LogP contribution in [-0.4, -0.2) is 21.5 Å². The van der Waals surface area contributed by atoms with Crippen LogP contribution in [0.5, 0.6) is 0 Å². The normalized spacial score (nSPS) is 11.0. The Labute approximate surface area is 126 Å². The second-order valence-electron chi connectivity index (χ2n) is 4.36. The molecule has 0 aliphatic heterocycles. The minimum atomic E-state index is -0.489. The standard InChI is InChI=1S/C15H12FN5O/c16-13-4-2-1-3-10(13)7-11(8-17)14-12(9-18)15(19)21(20-14)5-6-22/h1-4,7,22H,5-6,19H2/b11-7+. The number of halogens is 1. The maximum Gasteiger partial charge on any atom is 0.140 e. The van der Waals surface area contributed by atoms with Crippen molar-refractivity contribution in [3.8, 4) is 12.1 Å². The predicted molar refractivity (Wildman–Crippen MR) is 78.3 cm³/mol. The highest BCUT2D eigenvalue weighted by Crippen LogP contribution is 2.25. The van der Waals surface area contributed by atoms with Crippen molar-refractivity contribution < 1.29 is 9.50 Å². The first kappa shape index (κ1) is 15.2. The van der Waals surface area contributed by atoms with Crippen LogP contribution in [0.2, 0.25) is 0 Å². The van der Waals surface area contributed by atoms with Crippen LogP contribution in [0, 0.1) is 28.5 Å². The van der Waals surface area contributed by atoms with Crippen molar-refractivity contribution in [2.24, 2.45) is 0 Å². The molecular weight excluding hydrogens is 285 g/mol. The Hall–Kier alpha value is -3.16. The highest BCUT2D eigenvalue weighted by molar-refractivity contribution is 5.91. The summed E-state index contributed by atoms with van der Waals surface area (Å²) in [5.74, 6) is -0.433. The van der Waals surface area contributed by atoms with Crippen LogP contribution in [0.1, 0.15) is 16.8 Å². The fourth-order valence-corrected chi connectivity index (χ4v) is 1.94. The Morgan fingerprint density at radius 3 is 2.73 bits per heavy atom. The number of nitriles is 2. The molecule has 2 rings (SSSR count). The molecule has 0 aliphatic carbocycles. The van der Waals surface area contributed by atoms with E-state index in [1.807, 2.05) is 12.1 Å². The summed E-state index contributed by atoms with van der Waals surface area (Å²) in [6.45, 7) is -0.117. The van der Waals surface area contributed by atoms with Gasteiger partial charge in [0, 0.05) is 5.56 Å². The first-order valence-corrected chi connectivity index (χ1v) is 6.36. The highest BCUT2D eigenvalue weighted by Gasteiger charge is 2.19. The molecule has 3 N–H and O–H groups in total. The van der Waals surface area contributed by atoms with E-state index in [1.54, 1.807) is 6.07 Å². The number of aliphatic hydroxyl groups is 1. The zero-order valence-electron chi connectivity index (χ0n) is 11.5. The van der Waals surface area contributed by atoms with E-state index in [9.17, 15) is 14.9 Å². The third-order valence-corrected chi connectivity index (χ3v) is 3.00. The van der Waals surface area contributed by atoms with E-state index in [1.165, 1.54) is 29.0 Å². The van der Waals surface area contributed by atoms with E-state index in [0.29, 0.717) is 0 Å². The highest BCUT2D eigenvalue weighted by atomic mass is 19.1. The quantitative estimate of drug-likeness (QED) is 0.831. The molecule has 0 unspecified atom stereocenters. The van der Waals surface area contributed by atoms with Crippen molar-refractivity contribution in [1.29, 1.82) is 10.5 Å². The number of nitrogens with zero attached hydrogens (tertiary/aromatic N) is 4. The molecule has 0 aliphatic rings. The first-order valence-electron chi connectivity index (χ1n) is 6.36. The van der Waals surface area contributed by atoms with E-state index in [2.05, 4.69) is 5.10 Å². The van der Waals surface area contributed by atoms with Gasteiger partial charge in [-0.15, -0.1) is 0 Å². The molecule has 110 valence electrons. The molecule has 6 nitrogen and oxygen atoms in total. The lowest BCUT2D eigenvalue weighted by atomic mass is 10.1. The molecule has 2 aromatic rings. The molecular formula is C15H12FN5O. The average molecular weight is 297 g/mol. The lowest BCUT2D eigenvalue weighted by Crippen LogP contribution is -2.07. The average Bonchev–Trinajstić information content (AvgIpc) is 2.83. The lowest BCUT2D eigenvalue weighted by molar-refractivity contribution is 0.270. The van der Waals surface area contributed by atoms with Gasteiger partial charge in [-0.05, 0) is 12.1 Å². The van der Waals surface area contributed by atoms with Crippen molar-refractivity contribution in [2.75, 3.05) is 12.3 Å². The van der Waals surface area contributed by atoms with Gasteiger partial charge >= 0.3 is 0 Å². The molecule has 0 amide bonds. The van der Waals surface area contributed by atoms with E-state index in [-0.39, 0.29) is 41.4 Å². The number of hydrogen-bond acceptors (Lipinski definition) is 5. The third-order valence-electron chi connectivity index (χ3n) is 3.00. The molecule has 1 heterocycles. The van der Waals surface area contributed by atoms with Gasteiger partial charge in [-0.3, -0.25) is 0 Å². The van der Waals surface area contributed by atoms with Crippen LogP contribution in [0.15, 0.2) is 24.3 Å². The Balaban J connectivity index is 2.58. The number of rotatable bonds is 4. The van der Waals surface area contributed by atoms with Crippen LogP contribution in [-0.2, 0) is 6.54 Å². The minimum Gasteiger partial charge on any atom is -0.394 e. The summed E-state index contributed by atoms with van der Waals surface area (Å²) < 4.78 is 14.9. The van der Waals surface area contributed by atoms with Crippen LogP contribution < -0.4 is 5.73 Å². The van der Waals surface area contributed by atoms with E-state index in [0.717, 1.165) is 0 Å². The zero-order chi connectivity index (χ0) is 16.1. The smallest absolute Gasteiger partial charge is 0.140 e. The van der Waals surface area contributed by atoms with Crippen LogP contribution in [0.25, 0.3) is 11.6 Å². The van der Waals surface area contributed by atoms with Gasteiger partial charge < -0.3 is 10.8 Å². The summed E-state index contributed by atoms with van der Waals surface area (Å²) in [5, 5.41) is 31.5. The van der Waals surface area contributed by atoms with Gasteiger partial charge in [-0.2, -0.15) is 15.6 Å². The molecule has 22 heavy (non-hydrogen) atoms. The second-order valence-corrected chi connectivity index (χ2v) is 4.36. The molecule has 1 aromatic carbocycles. The van der Waals surface area contributed by atoms with Crippen molar-refractivity contribution in [3.63, 3.8) is 0 Å². The van der Waals surface area contributed by atoms with Gasteiger partial charge in [-0.25, -0.2) is 9.07 Å². The number of nitrogen functional groups attached to an aromatic ring is 1. The van der Waals surface area contributed by atoms with Crippen molar-refractivity contribution in [1.82, 2.24) is 9.78 Å². The largest absolute Gasteiger partial charge is 0.394 e. The van der Waals surface area contributed by atoms with Gasteiger partial charge in [0.1, 0.15) is 35.0 Å². The minimum absolute atomic E-state index is 0.0186. The lowest BCUT2D eigenvalue weighted by Gasteiger charge is -1.99. The van der Waals surface area contributed by atoms with Gasteiger partial charge in [-0.1, -0.05) is 18.2 Å². The summed E-state index contributed by atoms with van der Waals surface area (Å²) in [7, 11) is 0. The van der Waals surface area contributed by atoms with E-state index < -0.39 is 5.82 Å². The van der Waals surface area contributed by atoms with Crippen molar-refractivity contribution in [3.05, 3.63) is 46.9 Å². The zero-order valence-corrected chi connectivity index (χ0v) is 11.5. The van der Waals surface area contributed by atoms with Crippen molar-refractivity contribution in [2.45, 2.75) is 6.54 Å². The van der Waals surface area contributed by atoms with Gasteiger partial charge in [0.2, 0.25) is 0 Å². The molecule has 7 heteroatoms. The Bertz CT molecular complexity index is 810. The Kier molecular flexibility index (Phi) is 4.52. The van der Waals surface area contributed by atoms with Crippen LogP contribution >= 0.6 is 0 Å². The molecule has 0 fully saturated rings. The summed E-state index contributed by atoms with van der Waals surface area (Å²) in [6, 6.07) is 9.73. The van der Waals surface area contributed by atoms with Gasteiger partial charge in [0.25, 0.3) is 0 Å². The monoisotopic (exact) mass is 297 g/mol. The number of aromatic nitrogens is 2. The number of allylic oxidation sites excluding steroid dienone is 1. The van der Waals surface area contributed by atoms with Crippen molar-refractivity contribution >= 4 is 17.5 Å². The summed E-state index contributed by atoms with van der Waals surface area (Å²) in [6.07, 6.45) is 1.31. The topological polar surface area (TPSA) is 112 Å². The fraction of sp³-hybridized carbons (Fsp3) is 0.133. The summed E-state index contributed by atoms with van der Waals surface area (Å²) in [5.41, 5.74) is 6.09. The number of benzene rings is 1. The first-order chi connectivity index (χ1) is 10.6. The summed E-state index contributed by atoms with van der Waals surface area (Å²) in [4.78, 5) is 0. The van der Waals surface area contributed by atoms with Gasteiger partial charge in [0.15, 0.2) is 0 Å². The van der Waals surface area contributed by atoms with E-state index in [4.69, 9.17) is 10.8 Å². The summed E-state index contributed by atoms with van der Waals surface area (Å²) >= 11 is 0. The predicted octanol–water partition coefficient (Wildman–Crippen LogP) is 1.53. The number of aliphatic hydroxyl groups excluding tert-OH is 1. The van der Waals surface area contributed by atoms with Gasteiger partial charge in [0.05, 0.1) is 18.7 Å². The Morgan fingerprint density at radius 2 is 2.14 bits per heavy atom. The second kappa shape index (κ2) is 6.53.